The molecule has 2 aromatic heterocycles. The Bertz CT molecular complexity index is 1500. The van der Waals surface area contributed by atoms with Crippen molar-refractivity contribution in [2.75, 3.05) is 10.7 Å². The van der Waals surface area contributed by atoms with Crippen molar-refractivity contribution in [2.45, 2.75) is 43.1 Å². The van der Waals surface area contributed by atoms with Crippen LogP contribution in [0.3, 0.4) is 0 Å². The first-order valence-corrected chi connectivity index (χ1v) is 12.0. The number of alkyl halides is 3. The Morgan fingerprint density at radius 3 is 2.59 bits per heavy atom. The first-order valence-electron chi connectivity index (χ1n) is 10.4. The van der Waals surface area contributed by atoms with E-state index >= 15 is 0 Å². The van der Waals surface area contributed by atoms with E-state index in [0.29, 0.717) is 24.0 Å². The molecule has 0 N–H and O–H groups in total. The molecule has 0 spiro atoms. The first-order chi connectivity index (χ1) is 16.0. The lowest BCUT2D eigenvalue weighted by atomic mass is 10.00. The predicted octanol–water partition coefficient (Wildman–Crippen LogP) is 3.74. The minimum absolute atomic E-state index is 0.0271. The maximum Gasteiger partial charge on any atom is 0.573 e. The summed E-state index contributed by atoms with van der Waals surface area (Å²) in [4.78, 5) is 18.7. The van der Waals surface area contributed by atoms with Gasteiger partial charge in [-0.2, -0.15) is 5.26 Å². The molecule has 0 saturated heterocycles. The van der Waals surface area contributed by atoms with Crippen molar-refractivity contribution < 1.29 is 31.1 Å². The van der Waals surface area contributed by atoms with Crippen LogP contribution in [0.1, 0.15) is 41.3 Å². The Labute approximate surface area is 192 Å². The molecule has 1 aliphatic carbocycles. The lowest BCUT2D eigenvalue weighted by molar-refractivity contribution is -0.274. The van der Waals surface area contributed by atoms with Crippen molar-refractivity contribution in [2.24, 2.45) is 0 Å². The lowest BCUT2D eigenvalue weighted by Gasteiger charge is -2.15. The van der Waals surface area contributed by atoms with E-state index in [2.05, 4.69) is 15.8 Å². The lowest BCUT2D eigenvalue weighted by Crippen LogP contribution is -2.26. The summed E-state index contributed by atoms with van der Waals surface area (Å²) < 4.78 is 69.2. The Kier molecular flexibility index (Phi) is 4.71. The number of pyridine rings is 1. The molecule has 0 bridgehead atoms. The number of anilines is 1. The monoisotopic (exact) mass is 490 g/mol. The number of nitrogens with zero attached hydrogens (tertiary/aromatic N) is 4. The SMILES string of the molecule is CCS(=O)(=O)c1c(N2Cc3ccc(OC(F)(F)F)cc3C2=O)nc2ccc(C3(C#N)CC3)cn12. The number of hydrogen-bond donors (Lipinski definition) is 0. The van der Waals surface area contributed by atoms with Gasteiger partial charge in [-0.05, 0) is 42.2 Å². The minimum Gasteiger partial charge on any atom is -0.406 e. The quantitative estimate of drug-likeness (QED) is 0.540. The molecule has 0 unspecified atom stereocenters. The summed E-state index contributed by atoms with van der Waals surface area (Å²) in [5, 5.41) is 9.34. The van der Waals surface area contributed by atoms with Gasteiger partial charge < -0.3 is 4.74 Å². The highest BCUT2D eigenvalue weighted by Crippen LogP contribution is 2.48. The van der Waals surface area contributed by atoms with Crippen LogP contribution in [0.5, 0.6) is 5.75 Å². The molecule has 5 rings (SSSR count). The molecule has 0 radical (unpaired) electrons. The normalized spacial score (nSPS) is 17.0. The third-order valence-corrected chi connectivity index (χ3v) is 7.85. The van der Waals surface area contributed by atoms with Gasteiger partial charge in [0.05, 0.1) is 23.8 Å². The van der Waals surface area contributed by atoms with Crippen molar-refractivity contribution in [3.8, 4) is 11.8 Å². The predicted molar refractivity (Wildman–Crippen MR) is 113 cm³/mol. The fourth-order valence-corrected chi connectivity index (χ4v) is 5.29. The summed E-state index contributed by atoms with van der Waals surface area (Å²) in [6, 6.07) is 8.99. The number of aromatic nitrogens is 2. The number of sulfone groups is 1. The second-order valence-electron chi connectivity index (χ2n) is 8.24. The second-order valence-corrected chi connectivity index (χ2v) is 10.4. The number of rotatable bonds is 5. The largest absolute Gasteiger partial charge is 0.573 e. The van der Waals surface area contributed by atoms with Crippen molar-refractivity contribution in [3.63, 3.8) is 0 Å². The van der Waals surface area contributed by atoms with E-state index in [4.69, 9.17) is 0 Å². The standard InChI is InChI=1S/C22H17F3N4O4S/c1-2-34(31,32)20-18(27-17-6-4-14(11-28(17)20)21(12-26)7-8-21)29-10-13-3-5-15(33-22(23,24)25)9-16(13)19(29)30/h3-6,9,11H,2,7-8,10H2,1H3. The molecule has 1 fully saturated rings. The summed E-state index contributed by atoms with van der Waals surface area (Å²) in [5.74, 6) is -1.61. The summed E-state index contributed by atoms with van der Waals surface area (Å²) in [7, 11) is -3.89. The van der Waals surface area contributed by atoms with E-state index in [1.54, 1.807) is 18.3 Å². The van der Waals surface area contributed by atoms with E-state index in [9.17, 15) is 31.6 Å². The molecular weight excluding hydrogens is 473 g/mol. The highest BCUT2D eigenvalue weighted by atomic mass is 32.2. The minimum atomic E-state index is -4.92. The number of imidazole rings is 1. The summed E-state index contributed by atoms with van der Waals surface area (Å²) in [6.45, 7) is 1.40. The smallest absolute Gasteiger partial charge is 0.406 e. The maximum atomic E-state index is 13.1. The van der Waals surface area contributed by atoms with Crippen LogP contribution in [-0.4, -0.2) is 35.8 Å². The van der Waals surface area contributed by atoms with Gasteiger partial charge in [0.1, 0.15) is 11.4 Å². The molecule has 1 amide bonds. The van der Waals surface area contributed by atoms with Crippen molar-refractivity contribution in [3.05, 3.63) is 53.2 Å². The van der Waals surface area contributed by atoms with Crippen molar-refractivity contribution in [1.82, 2.24) is 9.38 Å². The molecule has 1 aromatic carbocycles. The summed E-state index contributed by atoms with van der Waals surface area (Å²) >= 11 is 0. The molecule has 3 heterocycles. The topological polar surface area (TPSA) is 105 Å². The number of halogens is 3. The van der Waals surface area contributed by atoms with E-state index in [0.717, 1.165) is 17.0 Å². The Balaban J connectivity index is 1.63. The number of amides is 1. The number of carbonyl (C=O) groups is 1. The van der Waals surface area contributed by atoms with Crippen LogP contribution in [0.4, 0.5) is 19.0 Å². The molecule has 34 heavy (non-hydrogen) atoms. The molecular formula is C22H17F3N4O4S. The summed E-state index contributed by atoms with van der Waals surface area (Å²) in [5.41, 5.74) is 0.646. The van der Waals surface area contributed by atoms with E-state index in [1.165, 1.54) is 17.4 Å². The van der Waals surface area contributed by atoms with E-state index in [-0.39, 0.29) is 34.4 Å². The first kappa shape index (κ1) is 22.2. The van der Waals surface area contributed by atoms with Crippen LogP contribution in [0, 0.1) is 11.3 Å². The number of nitriles is 1. The zero-order chi connectivity index (χ0) is 24.5. The molecule has 0 atom stereocenters. The molecule has 176 valence electrons. The Hall–Kier alpha value is -3.59. The zero-order valence-electron chi connectivity index (χ0n) is 17.8. The number of benzene rings is 1. The van der Waals surface area contributed by atoms with Gasteiger partial charge in [0.25, 0.3) is 5.91 Å². The van der Waals surface area contributed by atoms with Gasteiger partial charge in [-0.25, -0.2) is 13.4 Å². The van der Waals surface area contributed by atoms with Crippen LogP contribution < -0.4 is 9.64 Å². The van der Waals surface area contributed by atoms with Crippen LogP contribution in [0.25, 0.3) is 5.65 Å². The number of fused-ring (bicyclic) bond motifs is 2. The molecule has 8 nitrogen and oxygen atoms in total. The van der Waals surface area contributed by atoms with Gasteiger partial charge in [0.15, 0.2) is 20.7 Å². The number of ether oxygens (including phenoxy) is 1. The van der Waals surface area contributed by atoms with Crippen molar-refractivity contribution in [1.29, 1.82) is 5.26 Å². The molecule has 12 heteroatoms. The van der Waals surface area contributed by atoms with Crippen molar-refractivity contribution >= 4 is 27.2 Å². The Morgan fingerprint density at radius 2 is 1.97 bits per heavy atom. The van der Waals surface area contributed by atoms with Crippen LogP contribution in [0.2, 0.25) is 0 Å². The third kappa shape index (κ3) is 3.47. The third-order valence-electron chi connectivity index (χ3n) is 6.12. The van der Waals surface area contributed by atoms with Crippen LogP contribution >= 0.6 is 0 Å². The highest BCUT2D eigenvalue weighted by molar-refractivity contribution is 7.91. The van der Waals surface area contributed by atoms with Gasteiger partial charge in [-0.15, -0.1) is 13.2 Å². The molecule has 1 saturated carbocycles. The average molecular weight is 490 g/mol. The molecule has 2 aliphatic rings. The highest BCUT2D eigenvalue weighted by Gasteiger charge is 2.45. The summed E-state index contributed by atoms with van der Waals surface area (Å²) in [6.07, 6.45) is -2.03. The zero-order valence-corrected chi connectivity index (χ0v) is 18.6. The van der Waals surface area contributed by atoms with Crippen LogP contribution in [0.15, 0.2) is 41.6 Å². The number of carbonyl (C=O) groups excluding carboxylic acids is 1. The van der Waals surface area contributed by atoms with Gasteiger partial charge in [-0.1, -0.05) is 19.1 Å². The number of hydrogen-bond acceptors (Lipinski definition) is 6. The average Bonchev–Trinajstić information content (AvgIpc) is 3.39. The van der Waals surface area contributed by atoms with Gasteiger partial charge in [-0.3, -0.25) is 14.1 Å². The maximum absolute atomic E-state index is 13.1. The molecule has 1 aliphatic heterocycles. The van der Waals surface area contributed by atoms with Gasteiger partial charge >= 0.3 is 6.36 Å². The van der Waals surface area contributed by atoms with Crippen LogP contribution in [-0.2, 0) is 21.8 Å². The van der Waals surface area contributed by atoms with Gasteiger partial charge in [0, 0.05) is 11.8 Å². The van der Waals surface area contributed by atoms with E-state index < -0.39 is 33.3 Å². The Morgan fingerprint density at radius 1 is 1.24 bits per heavy atom. The second kappa shape index (κ2) is 7.20. The van der Waals surface area contributed by atoms with Gasteiger partial charge in [0.2, 0.25) is 0 Å². The fourth-order valence-electron chi connectivity index (χ4n) is 4.13. The van der Waals surface area contributed by atoms with E-state index in [1.807, 2.05) is 0 Å². The molecule has 3 aromatic rings. The fraction of sp³-hybridized carbons (Fsp3) is 0.318.